The Hall–Kier alpha value is -3.12. The van der Waals surface area contributed by atoms with Gasteiger partial charge in [-0.3, -0.25) is 14.6 Å². The number of hydrogen-bond acceptors (Lipinski definition) is 4. The van der Waals surface area contributed by atoms with Crippen LogP contribution < -0.4 is 10.9 Å². The molecule has 1 aromatic carbocycles. The van der Waals surface area contributed by atoms with E-state index < -0.39 is 11.5 Å². The third kappa shape index (κ3) is 3.75. The Morgan fingerprint density at radius 1 is 1.23 bits per heavy atom. The Kier molecular flexibility index (Phi) is 5.04. The highest BCUT2D eigenvalue weighted by Crippen LogP contribution is 2.19. The highest BCUT2D eigenvalue weighted by molar-refractivity contribution is 6.31. The van der Waals surface area contributed by atoms with Gasteiger partial charge in [-0.05, 0) is 42.8 Å². The van der Waals surface area contributed by atoms with Crippen LogP contribution in [0.4, 0.5) is 5.69 Å². The zero-order valence-electron chi connectivity index (χ0n) is 13.9. The monoisotopic (exact) mass is 369 g/mol. The van der Waals surface area contributed by atoms with Crippen LogP contribution in [-0.2, 0) is 6.54 Å². The van der Waals surface area contributed by atoms with Crippen molar-refractivity contribution >= 4 is 23.2 Å². The lowest BCUT2D eigenvalue weighted by molar-refractivity contribution is 0.102. The minimum atomic E-state index is -0.696. The van der Waals surface area contributed by atoms with Crippen LogP contribution in [0.25, 0.3) is 0 Å². The third-order valence-electron chi connectivity index (χ3n) is 3.89. The van der Waals surface area contributed by atoms with Gasteiger partial charge >= 0.3 is 0 Å². The molecule has 2 N–H and O–H groups in total. The normalized spacial score (nSPS) is 10.5. The molecular weight excluding hydrogens is 354 g/mol. The van der Waals surface area contributed by atoms with Crippen LogP contribution in [-0.4, -0.2) is 20.6 Å². The van der Waals surface area contributed by atoms with Crippen molar-refractivity contribution in [2.45, 2.75) is 13.5 Å². The standard InChI is InChI=1S/C19H16ClN3O3/c1-12-9-16(24)17(18(25)22-15-4-2-3-14(20)10-15)19(26)23(12)11-13-5-7-21-8-6-13/h2-10,24H,11H2,1H3,(H,22,25). The second-order valence-corrected chi connectivity index (χ2v) is 6.19. The van der Waals surface area contributed by atoms with E-state index in [0.29, 0.717) is 16.4 Å². The van der Waals surface area contributed by atoms with E-state index in [0.717, 1.165) is 5.56 Å². The summed E-state index contributed by atoms with van der Waals surface area (Å²) in [5.74, 6) is -1.06. The van der Waals surface area contributed by atoms with Crippen molar-refractivity contribution in [1.29, 1.82) is 0 Å². The van der Waals surface area contributed by atoms with Gasteiger partial charge in [-0.15, -0.1) is 0 Å². The predicted octanol–water partition coefficient (Wildman–Crippen LogP) is 3.21. The SMILES string of the molecule is Cc1cc(O)c(C(=O)Nc2cccc(Cl)c2)c(=O)n1Cc1ccncc1. The maximum Gasteiger partial charge on any atom is 0.267 e. The maximum atomic E-state index is 12.8. The summed E-state index contributed by atoms with van der Waals surface area (Å²) >= 11 is 5.90. The summed E-state index contributed by atoms with van der Waals surface area (Å²) in [5, 5.41) is 13.2. The number of aromatic hydroxyl groups is 1. The van der Waals surface area contributed by atoms with E-state index in [1.54, 1.807) is 55.7 Å². The van der Waals surface area contributed by atoms with Crippen molar-refractivity contribution in [2.75, 3.05) is 5.32 Å². The topological polar surface area (TPSA) is 84.2 Å². The van der Waals surface area contributed by atoms with Crippen LogP contribution in [0.3, 0.4) is 0 Å². The van der Waals surface area contributed by atoms with Gasteiger partial charge in [0.15, 0.2) is 0 Å². The number of anilines is 1. The van der Waals surface area contributed by atoms with Crippen LogP contribution in [0.2, 0.25) is 5.02 Å². The number of halogens is 1. The van der Waals surface area contributed by atoms with Crippen molar-refractivity contribution in [3.8, 4) is 5.75 Å². The number of amides is 1. The number of carbonyl (C=O) groups is 1. The summed E-state index contributed by atoms with van der Waals surface area (Å²) in [6, 6.07) is 11.5. The van der Waals surface area contributed by atoms with Gasteiger partial charge in [0.05, 0.1) is 6.54 Å². The lowest BCUT2D eigenvalue weighted by Crippen LogP contribution is -2.31. The maximum absolute atomic E-state index is 12.8. The lowest BCUT2D eigenvalue weighted by Gasteiger charge is -2.14. The molecule has 3 aromatic rings. The highest BCUT2D eigenvalue weighted by Gasteiger charge is 2.20. The molecule has 0 atom stereocenters. The molecule has 2 heterocycles. The van der Waals surface area contributed by atoms with Gasteiger partial charge in [0.25, 0.3) is 11.5 Å². The Labute approximate surface area is 154 Å². The first kappa shape index (κ1) is 17.7. The summed E-state index contributed by atoms with van der Waals surface area (Å²) in [6.45, 7) is 1.96. The molecule has 132 valence electrons. The molecule has 0 aliphatic rings. The zero-order chi connectivity index (χ0) is 18.7. The van der Waals surface area contributed by atoms with Crippen molar-refractivity contribution in [2.24, 2.45) is 0 Å². The molecule has 0 aliphatic heterocycles. The largest absolute Gasteiger partial charge is 0.507 e. The Morgan fingerprint density at radius 3 is 2.65 bits per heavy atom. The lowest BCUT2D eigenvalue weighted by atomic mass is 10.1. The summed E-state index contributed by atoms with van der Waals surface area (Å²) in [6.07, 6.45) is 3.26. The predicted molar refractivity (Wildman–Crippen MR) is 99.8 cm³/mol. The van der Waals surface area contributed by atoms with E-state index in [1.165, 1.54) is 10.6 Å². The second kappa shape index (κ2) is 7.41. The van der Waals surface area contributed by atoms with Crippen LogP contribution in [0.5, 0.6) is 5.75 Å². The Bertz CT molecular complexity index is 1020. The molecule has 1 amide bonds. The Balaban J connectivity index is 1.98. The summed E-state index contributed by atoms with van der Waals surface area (Å²) in [4.78, 5) is 29.3. The molecule has 2 aromatic heterocycles. The molecule has 0 bridgehead atoms. The minimum absolute atomic E-state index is 0.269. The number of rotatable bonds is 4. The molecular formula is C19H16ClN3O3. The van der Waals surface area contributed by atoms with E-state index >= 15 is 0 Å². The van der Waals surface area contributed by atoms with Gasteiger partial charge in [0.2, 0.25) is 0 Å². The first-order valence-electron chi connectivity index (χ1n) is 7.85. The molecule has 26 heavy (non-hydrogen) atoms. The van der Waals surface area contributed by atoms with E-state index in [2.05, 4.69) is 10.3 Å². The fourth-order valence-electron chi connectivity index (χ4n) is 2.59. The van der Waals surface area contributed by atoms with Crippen molar-refractivity contribution < 1.29 is 9.90 Å². The number of carbonyl (C=O) groups excluding carboxylic acids is 1. The first-order chi connectivity index (χ1) is 12.5. The molecule has 0 radical (unpaired) electrons. The molecule has 7 heteroatoms. The molecule has 0 saturated heterocycles. The van der Waals surface area contributed by atoms with Gasteiger partial charge in [-0.2, -0.15) is 0 Å². The number of hydrogen-bond donors (Lipinski definition) is 2. The van der Waals surface area contributed by atoms with Crippen molar-refractivity contribution in [3.05, 3.63) is 87.1 Å². The summed E-state index contributed by atoms with van der Waals surface area (Å²) in [7, 11) is 0. The Morgan fingerprint density at radius 2 is 1.96 bits per heavy atom. The molecule has 6 nitrogen and oxygen atoms in total. The number of nitrogens with zero attached hydrogens (tertiary/aromatic N) is 2. The van der Waals surface area contributed by atoms with Crippen molar-refractivity contribution in [3.63, 3.8) is 0 Å². The third-order valence-corrected chi connectivity index (χ3v) is 4.12. The summed E-state index contributed by atoms with van der Waals surface area (Å²) in [5.41, 5.74) is 0.951. The molecule has 3 rings (SSSR count). The minimum Gasteiger partial charge on any atom is -0.507 e. The highest BCUT2D eigenvalue weighted by atomic mass is 35.5. The fourth-order valence-corrected chi connectivity index (χ4v) is 2.78. The van der Waals surface area contributed by atoms with Gasteiger partial charge in [0, 0.05) is 34.9 Å². The summed E-state index contributed by atoms with van der Waals surface area (Å²) < 4.78 is 1.43. The average Bonchev–Trinajstić information content (AvgIpc) is 2.59. The van der Waals surface area contributed by atoms with Crippen LogP contribution >= 0.6 is 11.6 Å². The van der Waals surface area contributed by atoms with E-state index in [-0.39, 0.29) is 17.9 Å². The average molecular weight is 370 g/mol. The van der Waals surface area contributed by atoms with Gasteiger partial charge in [-0.1, -0.05) is 17.7 Å². The van der Waals surface area contributed by atoms with Gasteiger partial charge < -0.3 is 15.0 Å². The van der Waals surface area contributed by atoms with Crippen molar-refractivity contribution in [1.82, 2.24) is 9.55 Å². The van der Waals surface area contributed by atoms with Crippen LogP contribution in [0.1, 0.15) is 21.6 Å². The molecule has 0 spiro atoms. The molecule has 0 saturated carbocycles. The number of aromatic nitrogens is 2. The number of pyridine rings is 2. The van der Waals surface area contributed by atoms with E-state index in [4.69, 9.17) is 11.6 Å². The van der Waals surface area contributed by atoms with Gasteiger partial charge in [-0.25, -0.2) is 0 Å². The fraction of sp³-hybridized carbons (Fsp3) is 0.105. The number of aryl methyl sites for hydroxylation is 1. The molecule has 0 unspecified atom stereocenters. The quantitative estimate of drug-likeness (QED) is 0.739. The molecule has 0 aliphatic carbocycles. The number of benzene rings is 1. The van der Waals surface area contributed by atoms with E-state index in [9.17, 15) is 14.7 Å². The zero-order valence-corrected chi connectivity index (χ0v) is 14.7. The van der Waals surface area contributed by atoms with Crippen LogP contribution in [0, 0.1) is 6.92 Å². The van der Waals surface area contributed by atoms with E-state index in [1.807, 2.05) is 0 Å². The second-order valence-electron chi connectivity index (χ2n) is 5.76. The first-order valence-corrected chi connectivity index (χ1v) is 8.22. The smallest absolute Gasteiger partial charge is 0.267 e. The number of nitrogens with one attached hydrogen (secondary N) is 1. The molecule has 0 fully saturated rings. The van der Waals surface area contributed by atoms with Crippen LogP contribution in [0.15, 0.2) is 59.7 Å². The van der Waals surface area contributed by atoms with Gasteiger partial charge in [0.1, 0.15) is 11.3 Å².